The molecule has 2 N–H and O–H groups in total. The van der Waals surface area contributed by atoms with Gasteiger partial charge in [0.2, 0.25) is 0 Å². The molecule has 0 amide bonds. The van der Waals surface area contributed by atoms with Gasteiger partial charge in [0.05, 0.1) is 0 Å². The predicted molar refractivity (Wildman–Crippen MR) is 73.1 cm³/mol. The quantitative estimate of drug-likeness (QED) is 0.793. The molecule has 100 valence electrons. The summed E-state index contributed by atoms with van der Waals surface area (Å²) in [5, 5.41) is 0. The third-order valence-corrected chi connectivity index (χ3v) is 5.05. The van der Waals surface area contributed by atoms with Crippen LogP contribution in [0.1, 0.15) is 39.5 Å². The lowest BCUT2D eigenvalue weighted by molar-refractivity contribution is -0.0209. The van der Waals surface area contributed by atoms with Crippen LogP contribution < -0.4 is 5.73 Å². The maximum atomic E-state index is 6.15. The summed E-state index contributed by atoms with van der Waals surface area (Å²) < 4.78 is 0. The molecule has 2 rings (SSSR count). The fourth-order valence-corrected chi connectivity index (χ4v) is 3.76. The van der Waals surface area contributed by atoms with E-state index in [0.717, 1.165) is 12.5 Å². The van der Waals surface area contributed by atoms with Crippen LogP contribution in [0.5, 0.6) is 0 Å². The van der Waals surface area contributed by atoms with E-state index >= 15 is 0 Å². The van der Waals surface area contributed by atoms with E-state index in [1.165, 1.54) is 45.3 Å². The van der Waals surface area contributed by atoms with Gasteiger partial charge >= 0.3 is 0 Å². The Balaban J connectivity index is 2.07. The molecule has 0 aliphatic carbocycles. The predicted octanol–water partition coefficient (Wildman–Crippen LogP) is 1.53. The molecule has 0 aromatic rings. The molecule has 0 bridgehead atoms. The molecule has 2 saturated heterocycles. The fourth-order valence-electron chi connectivity index (χ4n) is 3.76. The molecule has 2 heterocycles. The van der Waals surface area contributed by atoms with Crippen LogP contribution in [0, 0.1) is 5.92 Å². The minimum Gasteiger partial charge on any atom is -0.329 e. The first-order valence-corrected chi connectivity index (χ1v) is 7.23. The van der Waals surface area contributed by atoms with Gasteiger partial charge in [-0.1, -0.05) is 6.92 Å². The van der Waals surface area contributed by atoms with Crippen LogP contribution in [0.25, 0.3) is 0 Å². The van der Waals surface area contributed by atoms with E-state index in [2.05, 4.69) is 30.7 Å². The zero-order chi connectivity index (χ0) is 12.5. The van der Waals surface area contributed by atoms with Gasteiger partial charge < -0.3 is 10.6 Å². The lowest BCUT2D eigenvalue weighted by atomic mass is 9.81. The van der Waals surface area contributed by atoms with Crippen LogP contribution in [0.2, 0.25) is 0 Å². The molecular weight excluding hydrogens is 210 g/mol. The normalized spacial score (nSPS) is 36.0. The number of likely N-dealkylation sites (tertiary alicyclic amines) is 2. The number of hydrogen-bond donors (Lipinski definition) is 1. The first-order chi connectivity index (χ1) is 8.07. The molecule has 2 unspecified atom stereocenters. The van der Waals surface area contributed by atoms with Crippen LogP contribution in [0.3, 0.4) is 0 Å². The highest BCUT2D eigenvalue weighted by molar-refractivity contribution is 4.99. The largest absolute Gasteiger partial charge is 0.329 e. The first kappa shape index (κ1) is 13.3. The standard InChI is InChI=1S/C14H29N3/c1-12-4-7-17(13(2)10-12)14(11-15)5-8-16(3)9-6-14/h12-13H,4-11,15H2,1-3H3. The van der Waals surface area contributed by atoms with Gasteiger partial charge in [-0.25, -0.2) is 0 Å². The summed E-state index contributed by atoms with van der Waals surface area (Å²) >= 11 is 0. The maximum Gasteiger partial charge on any atom is 0.0358 e. The van der Waals surface area contributed by atoms with Crippen molar-refractivity contribution in [1.29, 1.82) is 0 Å². The third kappa shape index (κ3) is 2.67. The van der Waals surface area contributed by atoms with Gasteiger partial charge in [0.15, 0.2) is 0 Å². The van der Waals surface area contributed by atoms with E-state index in [0.29, 0.717) is 11.6 Å². The Labute approximate surface area is 106 Å². The molecule has 0 aromatic carbocycles. The molecule has 2 aliphatic heterocycles. The zero-order valence-corrected chi connectivity index (χ0v) is 11.8. The molecule has 2 atom stereocenters. The molecule has 0 saturated carbocycles. The van der Waals surface area contributed by atoms with Gasteiger partial charge in [0, 0.05) is 18.1 Å². The van der Waals surface area contributed by atoms with Crippen molar-refractivity contribution in [3.63, 3.8) is 0 Å². The first-order valence-electron chi connectivity index (χ1n) is 7.23. The van der Waals surface area contributed by atoms with Crippen molar-refractivity contribution in [3.05, 3.63) is 0 Å². The number of nitrogens with two attached hydrogens (primary N) is 1. The molecule has 0 spiro atoms. The highest BCUT2D eigenvalue weighted by Crippen LogP contribution is 2.34. The van der Waals surface area contributed by atoms with E-state index in [1.54, 1.807) is 0 Å². The van der Waals surface area contributed by atoms with Crippen LogP contribution in [0.15, 0.2) is 0 Å². The second-order valence-electron chi connectivity index (χ2n) is 6.40. The molecule has 17 heavy (non-hydrogen) atoms. The molecule has 2 aliphatic rings. The van der Waals surface area contributed by atoms with Crippen molar-refractivity contribution in [2.75, 3.05) is 33.2 Å². The van der Waals surface area contributed by atoms with Crippen LogP contribution in [-0.4, -0.2) is 54.6 Å². The minimum atomic E-state index is 0.298. The Kier molecular flexibility index (Phi) is 4.11. The van der Waals surface area contributed by atoms with Crippen molar-refractivity contribution in [1.82, 2.24) is 9.80 Å². The molecule has 3 nitrogen and oxygen atoms in total. The smallest absolute Gasteiger partial charge is 0.0358 e. The summed E-state index contributed by atoms with van der Waals surface area (Å²) in [6.07, 6.45) is 5.19. The van der Waals surface area contributed by atoms with Gasteiger partial charge in [-0.15, -0.1) is 0 Å². The lowest BCUT2D eigenvalue weighted by Gasteiger charge is -2.53. The third-order valence-electron chi connectivity index (χ3n) is 5.05. The monoisotopic (exact) mass is 239 g/mol. The summed E-state index contributed by atoms with van der Waals surface area (Å²) in [6, 6.07) is 0.714. The van der Waals surface area contributed by atoms with Crippen LogP contribution >= 0.6 is 0 Å². The minimum absolute atomic E-state index is 0.298. The topological polar surface area (TPSA) is 32.5 Å². The fraction of sp³-hybridized carbons (Fsp3) is 1.00. The van der Waals surface area contributed by atoms with Gasteiger partial charge in [-0.3, -0.25) is 4.90 Å². The molecule has 3 heteroatoms. The van der Waals surface area contributed by atoms with Crippen molar-refractivity contribution in [2.45, 2.75) is 51.1 Å². The summed E-state index contributed by atoms with van der Waals surface area (Å²) in [5.41, 5.74) is 6.45. The van der Waals surface area contributed by atoms with Gasteiger partial charge in [-0.05, 0) is 65.2 Å². The number of hydrogen-bond acceptors (Lipinski definition) is 3. The Morgan fingerprint density at radius 3 is 2.35 bits per heavy atom. The van der Waals surface area contributed by atoms with Crippen LogP contribution in [-0.2, 0) is 0 Å². The van der Waals surface area contributed by atoms with Gasteiger partial charge in [0.1, 0.15) is 0 Å². The summed E-state index contributed by atoms with van der Waals surface area (Å²) in [6.45, 7) is 9.28. The van der Waals surface area contributed by atoms with Crippen molar-refractivity contribution in [3.8, 4) is 0 Å². The van der Waals surface area contributed by atoms with E-state index in [-0.39, 0.29) is 0 Å². The Bertz CT molecular complexity index is 246. The number of nitrogens with zero attached hydrogens (tertiary/aromatic N) is 2. The van der Waals surface area contributed by atoms with E-state index < -0.39 is 0 Å². The molecule has 2 fully saturated rings. The van der Waals surface area contributed by atoms with E-state index in [4.69, 9.17) is 5.73 Å². The van der Waals surface area contributed by atoms with Crippen LogP contribution in [0.4, 0.5) is 0 Å². The highest BCUT2D eigenvalue weighted by Gasteiger charge is 2.41. The van der Waals surface area contributed by atoms with Crippen molar-refractivity contribution >= 4 is 0 Å². The van der Waals surface area contributed by atoms with Gasteiger partial charge in [-0.2, -0.15) is 0 Å². The summed E-state index contributed by atoms with van der Waals surface area (Å²) in [5.74, 6) is 0.891. The zero-order valence-electron chi connectivity index (χ0n) is 11.8. The summed E-state index contributed by atoms with van der Waals surface area (Å²) in [4.78, 5) is 5.17. The second kappa shape index (κ2) is 5.25. The molecule has 0 aromatic heterocycles. The Morgan fingerprint density at radius 1 is 1.18 bits per heavy atom. The van der Waals surface area contributed by atoms with Crippen molar-refractivity contribution < 1.29 is 0 Å². The Morgan fingerprint density at radius 2 is 1.82 bits per heavy atom. The van der Waals surface area contributed by atoms with Crippen molar-refractivity contribution in [2.24, 2.45) is 11.7 Å². The van der Waals surface area contributed by atoms with E-state index in [9.17, 15) is 0 Å². The highest BCUT2D eigenvalue weighted by atomic mass is 15.3. The lowest BCUT2D eigenvalue weighted by Crippen LogP contribution is -2.63. The van der Waals surface area contributed by atoms with Gasteiger partial charge in [0.25, 0.3) is 0 Å². The van der Waals surface area contributed by atoms with E-state index in [1.807, 2.05) is 0 Å². The molecule has 0 radical (unpaired) electrons. The second-order valence-corrected chi connectivity index (χ2v) is 6.40. The summed E-state index contributed by atoms with van der Waals surface area (Å²) in [7, 11) is 2.22. The molecular formula is C14H29N3. The number of rotatable bonds is 2. The average Bonchev–Trinajstić information content (AvgIpc) is 2.31. The average molecular weight is 239 g/mol. The Hall–Kier alpha value is -0.120. The SMILES string of the molecule is CC1CCN(C2(CN)CCN(C)CC2)C(C)C1. The number of piperidine rings is 2. The maximum absolute atomic E-state index is 6.15.